The first-order valence-electron chi connectivity index (χ1n) is 3.41. The first-order valence-corrected chi connectivity index (χ1v) is 3.41. The van der Waals surface area contributed by atoms with Gasteiger partial charge in [-0.1, -0.05) is 47.0 Å². The van der Waals surface area contributed by atoms with Crippen LogP contribution in [-0.2, 0) is 0 Å². The topological polar surface area (TPSA) is 0 Å². The van der Waals surface area contributed by atoms with Gasteiger partial charge >= 0.3 is 0 Å². The smallest absolute Gasteiger partial charge is 0 e. The maximum absolute atomic E-state index is 2.21. The van der Waals surface area contributed by atoms with Crippen molar-refractivity contribution >= 4 is 0 Å². The summed E-state index contributed by atoms with van der Waals surface area (Å²) in [5, 5.41) is 0. The molecule has 0 rings (SSSR count). The molecule has 0 aliphatic heterocycles. The predicted octanol–water partition coefficient (Wildman–Crippen LogP) is 3.22. The van der Waals surface area contributed by atoms with Gasteiger partial charge in [0.1, 0.15) is 0 Å². The van der Waals surface area contributed by atoms with E-state index in [9.17, 15) is 0 Å². The minimum atomic E-state index is 0. The summed E-state index contributed by atoms with van der Waals surface area (Å²) in [7, 11) is 0. The van der Waals surface area contributed by atoms with Crippen LogP contribution < -0.4 is 0 Å². The first-order chi connectivity index (χ1) is 3.41. The molecule has 0 aromatic heterocycles. The van der Waals surface area contributed by atoms with Crippen LogP contribution in [0.3, 0.4) is 0 Å². The fourth-order valence-electron chi connectivity index (χ4n) is 0.354. The molecule has 0 radical (unpaired) electrons. The summed E-state index contributed by atoms with van der Waals surface area (Å²) in [6.45, 7) is 8.42. The third-order valence-electron chi connectivity index (χ3n) is 0.707. The van der Waals surface area contributed by atoms with Crippen LogP contribution >= 0.6 is 0 Å². The van der Waals surface area contributed by atoms with Crippen molar-refractivity contribution in [1.82, 2.24) is 0 Å². The Labute approximate surface area is 84.1 Å². The molecule has 0 amide bonds. The van der Waals surface area contributed by atoms with Gasteiger partial charge in [0.05, 0.1) is 0 Å². The van der Waals surface area contributed by atoms with E-state index in [0.717, 1.165) is 0 Å². The minimum Gasteiger partial charge on any atom is -0.0683 e. The quantitative estimate of drug-likeness (QED) is 0.555. The summed E-state index contributed by atoms with van der Waals surface area (Å²) in [5.41, 5.74) is 0. The SMILES string of the molecule is CC.CCCCC.[Ar]. The van der Waals surface area contributed by atoms with Gasteiger partial charge in [-0.15, -0.1) is 0 Å². The Hall–Kier alpha value is 1.26. The first kappa shape index (κ1) is 16.1. The van der Waals surface area contributed by atoms with E-state index in [4.69, 9.17) is 0 Å². The summed E-state index contributed by atoms with van der Waals surface area (Å²) in [4.78, 5) is 0. The number of rotatable bonds is 2. The molecule has 0 N–H and O–H groups in total. The Morgan fingerprint density at radius 2 is 1.12 bits per heavy atom. The molecule has 0 heterocycles. The molecule has 8 heavy (non-hydrogen) atoms. The third-order valence-corrected chi connectivity index (χ3v) is 0.707. The van der Waals surface area contributed by atoms with Crippen molar-refractivity contribution in [1.29, 1.82) is 0 Å². The number of hydrogen-bond donors (Lipinski definition) is 0. The molecule has 54 valence electrons. The Morgan fingerprint density at radius 1 is 0.875 bits per heavy atom. The summed E-state index contributed by atoms with van der Waals surface area (Å²) in [6, 6.07) is 0. The van der Waals surface area contributed by atoms with Crippen LogP contribution in [0, 0.1) is 37.7 Å². The van der Waals surface area contributed by atoms with E-state index in [0.29, 0.717) is 0 Å². The summed E-state index contributed by atoms with van der Waals surface area (Å²) in [6.07, 6.45) is 4.08. The largest absolute Gasteiger partial charge is 0.0683 e. The zero-order valence-electron chi connectivity index (χ0n) is 6.47. The fraction of sp³-hybridized carbons (Fsp3) is 1.00. The Morgan fingerprint density at radius 3 is 1.12 bits per heavy atom. The van der Waals surface area contributed by atoms with Crippen molar-refractivity contribution in [2.75, 3.05) is 0 Å². The van der Waals surface area contributed by atoms with Gasteiger partial charge in [-0.3, -0.25) is 0 Å². The summed E-state index contributed by atoms with van der Waals surface area (Å²) >= 11 is 0. The average molecular weight is 142 g/mol. The average Bonchev–Trinajstić information content (AvgIpc) is 1.75. The van der Waals surface area contributed by atoms with E-state index in [1.807, 2.05) is 13.8 Å². The van der Waals surface area contributed by atoms with E-state index in [2.05, 4.69) is 13.8 Å². The second-order valence-electron chi connectivity index (χ2n) is 1.35. The van der Waals surface area contributed by atoms with Crippen LogP contribution in [0.2, 0.25) is 0 Å². The number of unbranched alkanes of at least 4 members (excludes halogenated alkanes) is 2. The molecule has 0 aromatic carbocycles. The van der Waals surface area contributed by atoms with Crippen LogP contribution in [0.4, 0.5) is 0 Å². The third kappa shape index (κ3) is 26.8. The van der Waals surface area contributed by atoms with Gasteiger partial charge in [0.15, 0.2) is 0 Å². The van der Waals surface area contributed by atoms with Gasteiger partial charge in [0.25, 0.3) is 0 Å². The molecule has 0 aliphatic carbocycles. The predicted molar refractivity (Wildman–Crippen MR) is 36.5 cm³/mol. The van der Waals surface area contributed by atoms with Crippen molar-refractivity contribution in [3.8, 4) is 0 Å². The molecule has 0 unspecified atom stereocenters. The Kier molecular flexibility index (Phi) is 48.3. The van der Waals surface area contributed by atoms with Gasteiger partial charge < -0.3 is 0 Å². The van der Waals surface area contributed by atoms with Crippen LogP contribution in [0.15, 0.2) is 0 Å². The zero-order chi connectivity index (χ0) is 6.12. The van der Waals surface area contributed by atoms with Crippen LogP contribution in [0.1, 0.15) is 47.0 Å². The van der Waals surface area contributed by atoms with E-state index >= 15 is 0 Å². The molecule has 0 saturated heterocycles. The van der Waals surface area contributed by atoms with Gasteiger partial charge in [0.2, 0.25) is 0 Å². The van der Waals surface area contributed by atoms with E-state index < -0.39 is 0 Å². The molecule has 0 fully saturated rings. The zero-order valence-corrected chi connectivity index (χ0v) is 7.18. The van der Waals surface area contributed by atoms with Crippen molar-refractivity contribution in [3.05, 3.63) is 0 Å². The van der Waals surface area contributed by atoms with E-state index in [-0.39, 0.29) is 37.7 Å². The molecular weight excluding hydrogens is 124 g/mol. The van der Waals surface area contributed by atoms with Gasteiger partial charge in [-0.2, -0.15) is 0 Å². The van der Waals surface area contributed by atoms with Crippen molar-refractivity contribution in [3.63, 3.8) is 0 Å². The molecule has 0 atom stereocenters. The minimum absolute atomic E-state index is 0. The maximum Gasteiger partial charge on any atom is 0 e. The van der Waals surface area contributed by atoms with Crippen LogP contribution in [-0.4, -0.2) is 0 Å². The standard InChI is InChI=1S/C5H12.C2H6.Ar/c1-3-5-4-2;1-2;/h3-5H2,1-2H3;1-2H3;. The van der Waals surface area contributed by atoms with E-state index in [1.165, 1.54) is 19.3 Å². The molecule has 0 bridgehead atoms. The van der Waals surface area contributed by atoms with Crippen molar-refractivity contribution < 1.29 is 37.7 Å². The Balaban J connectivity index is -0.0000000750. The molecule has 0 aromatic rings. The molecule has 0 aliphatic rings. The maximum atomic E-state index is 2.21. The second kappa shape index (κ2) is 24.0. The van der Waals surface area contributed by atoms with E-state index in [1.54, 1.807) is 0 Å². The van der Waals surface area contributed by atoms with Gasteiger partial charge in [-0.05, 0) is 0 Å². The number of hydrogen-bond acceptors (Lipinski definition) is 0. The normalized spacial score (nSPS) is 6.00. The summed E-state index contributed by atoms with van der Waals surface area (Å²) < 4.78 is 0. The van der Waals surface area contributed by atoms with Gasteiger partial charge in [-0.25, -0.2) is 0 Å². The van der Waals surface area contributed by atoms with Crippen molar-refractivity contribution in [2.45, 2.75) is 47.0 Å². The second-order valence-corrected chi connectivity index (χ2v) is 1.35. The Bertz CT molecular complexity index is 11.9. The molecule has 1 heteroatoms. The summed E-state index contributed by atoms with van der Waals surface area (Å²) in [5.74, 6) is 0. The van der Waals surface area contributed by atoms with Crippen LogP contribution in [0.25, 0.3) is 0 Å². The van der Waals surface area contributed by atoms with Crippen LogP contribution in [0.5, 0.6) is 0 Å². The molecule has 0 saturated carbocycles. The van der Waals surface area contributed by atoms with Gasteiger partial charge in [0, 0.05) is 37.7 Å². The fourth-order valence-corrected chi connectivity index (χ4v) is 0.354. The monoisotopic (exact) mass is 142 g/mol. The van der Waals surface area contributed by atoms with Crippen molar-refractivity contribution in [2.24, 2.45) is 0 Å². The molecule has 0 nitrogen and oxygen atoms in total. The molecule has 0 spiro atoms. The molecular formula is C7H18Ar.